The van der Waals surface area contributed by atoms with Crippen LogP contribution in [0.4, 0.5) is 0 Å². The maximum atomic E-state index is 12.6. The van der Waals surface area contributed by atoms with Gasteiger partial charge in [0.05, 0.1) is 19.3 Å². The number of pyridine rings is 1. The molecule has 1 aliphatic rings. The van der Waals surface area contributed by atoms with E-state index in [9.17, 15) is 4.79 Å². The van der Waals surface area contributed by atoms with Gasteiger partial charge < -0.3 is 10.1 Å². The molecule has 1 unspecified atom stereocenters. The molecule has 24 heavy (non-hydrogen) atoms. The van der Waals surface area contributed by atoms with Crippen molar-refractivity contribution in [1.82, 2.24) is 15.2 Å². The van der Waals surface area contributed by atoms with Crippen LogP contribution in [-0.2, 0) is 4.74 Å². The first-order chi connectivity index (χ1) is 11.7. The van der Waals surface area contributed by atoms with Gasteiger partial charge in [0.15, 0.2) is 0 Å². The molecule has 0 spiro atoms. The molecule has 1 aliphatic heterocycles. The van der Waals surface area contributed by atoms with E-state index in [4.69, 9.17) is 16.3 Å². The van der Waals surface area contributed by atoms with Crippen LogP contribution >= 0.6 is 11.6 Å². The fourth-order valence-corrected chi connectivity index (χ4v) is 2.92. The Morgan fingerprint density at radius 2 is 2.00 bits per heavy atom. The molecule has 1 aromatic heterocycles. The highest BCUT2D eigenvalue weighted by Crippen LogP contribution is 2.17. The van der Waals surface area contributed by atoms with Crippen LogP contribution in [0.5, 0.6) is 0 Å². The number of rotatable bonds is 5. The normalized spacial score (nSPS) is 16.5. The topological polar surface area (TPSA) is 54.5 Å². The number of nitrogens with zero attached hydrogens (tertiary/aromatic N) is 2. The maximum absolute atomic E-state index is 12.6. The molecule has 0 bridgehead atoms. The van der Waals surface area contributed by atoms with Crippen LogP contribution < -0.4 is 5.32 Å². The molecule has 1 aromatic carbocycles. The lowest BCUT2D eigenvalue weighted by Gasteiger charge is -2.31. The van der Waals surface area contributed by atoms with Crippen molar-refractivity contribution in [3.63, 3.8) is 0 Å². The third-order valence-corrected chi connectivity index (χ3v) is 4.25. The van der Waals surface area contributed by atoms with Crippen LogP contribution in [0.2, 0.25) is 5.15 Å². The second-order valence-electron chi connectivity index (χ2n) is 5.72. The number of morpholine rings is 1. The van der Waals surface area contributed by atoms with Gasteiger partial charge in [-0.3, -0.25) is 9.69 Å². The fourth-order valence-electron chi connectivity index (χ4n) is 2.75. The molecule has 126 valence electrons. The van der Waals surface area contributed by atoms with Gasteiger partial charge in [0.2, 0.25) is 0 Å². The number of ether oxygens (including phenoxy) is 1. The molecule has 6 heteroatoms. The van der Waals surface area contributed by atoms with E-state index in [1.165, 1.54) is 6.20 Å². The number of carbonyl (C=O) groups excluding carboxylic acids is 1. The smallest absolute Gasteiger partial charge is 0.251 e. The first-order valence-electron chi connectivity index (χ1n) is 8.00. The molecule has 1 N–H and O–H groups in total. The van der Waals surface area contributed by atoms with Crippen molar-refractivity contribution in [1.29, 1.82) is 0 Å². The molecule has 5 nitrogen and oxygen atoms in total. The number of amides is 1. The average molecular weight is 346 g/mol. The van der Waals surface area contributed by atoms with Crippen LogP contribution in [0.1, 0.15) is 22.0 Å². The fraction of sp³-hybridized carbons (Fsp3) is 0.333. The summed E-state index contributed by atoms with van der Waals surface area (Å²) >= 11 is 5.88. The van der Waals surface area contributed by atoms with Gasteiger partial charge in [-0.1, -0.05) is 41.9 Å². The highest BCUT2D eigenvalue weighted by molar-refractivity contribution is 6.29. The van der Waals surface area contributed by atoms with E-state index in [1.807, 2.05) is 30.3 Å². The van der Waals surface area contributed by atoms with Gasteiger partial charge >= 0.3 is 0 Å². The average Bonchev–Trinajstić information content (AvgIpc) is 2.63. The van der Waals surface area contributed by atoms with Crippen LogP contribution in [0.25, 0.3) is 0 Å². The lowest BCUT2D eigenvalue weighted by Crippen LogP contribution is -2.43. The number of carbonyl (C=O) groups is 1. The quantitative estimate of drug-likeness (QED) is 0.846. The number of hydrogen-bond donors (Lipinski definition) is 1. The third-order valence-electron chi connectivity index (χ3n) is 4.04. The number of benzene rings is 1. The lowest BCUT2D eigenvalue weighted by molar-refractivity contribution is 0.0332. The number of halogens is 1. The van der Waals surface area contributed by atoms with Gasteiger partial charge in [-0.05, 0) is 17.7 Å². The van der Waals surface area contributed by atoms with E-state index < -0.39 is 0 Å². The number of hydrogen-bond acceptors (Lipinski definition) is 4. The second kappa shape index (κ2) is 8.24. The van der Waals surface area contributed by atoms with Gasteiger partial charge in [-0.2, -0.15) is 0 Å². The summed E-state index contributed by atoms with van der Waals surface area (Å²) in [6, 6.07) is 13.2. The summed E-state index contributed by atoms with van der Waals surface area (Å²) in [7, 11) is 0. The molecule has 3 rings (SSSR count). The van der Waals surface area contributed by atoms with Gasteiger partial charge in [0, 0.05) is 31.4 Å². The van der Waals surface area contributed by atoms with Crippen molar-refractivity contribution in [3.05, 3.63) is 64.9 Å². The van der Waals surface area contributed by atoms with E-state index >= 15 is 0 Å². The Labute approximate surface area is 146 Å². The van der Waals surface area contributed by atoms with Crippen LogP contribution in [0.15, 0.2) is 48.7 Å². The summed E-state index contributed by atoms with van der Waals surface area (Å²) in [5.74, 6) is -0.151. The molecular formula is C18H20ClN3O2. The Hall–Kier alpha value is -1.95. The Morgan fingerprint density at radius 3 is 2.71 bits per heavy atom. The van der Waals surface area contributed by atoms with Gasteiger partial charge in [-0.15, -0.1) is 0 Å². The molecule has 1 fully saturated rings. The van der Waals surface area contributed by atoms with Crippen molar-refractivity contribution in [2.75, 3.05) is 32.8 Å². The SMILES string of the molecule is O=C(NC(CN1CCOCC1)c1ccccc1)c1ccnc(Cl)c1. The van der Waals surface area contributed by atoms with E-state index in [0.717, 1.165) is 38.4 Å². The Morgan fingerprint density at radius 1 is 1.25 bits per heavy atom. The van der Waals surface area contributed by atoms with Gasteiger partial charge in [0.1, 0.15) is 5.15 Å². The molecular weight excluding hydrogens is 326 g/mol. The van der Waals surface area contributed by atoms with Crippen LogP contribution in [-0.4, -0.2) is 48.6 Å². The third kappa shape index (κ3) is 4.54. The summed E-state index contributed by atoms with van der Waals surface area (Å²) in [5, 5.41) is 3.43. The number of aromatic nitrogens is 1. The van der Waals surface area contributed by atoms with Crippen molar-refractivity contribution in [3.8, 4) is 0 Å². The lowest BCUT2D eigenvalue weighted by atomic mass is 10.1. The summed E-state index contributed by atoms with van der Waals surface area (Å²) in [4.78, 5) is 18.8. The molecule has 2 aromatic rings. The molecule has 2 heterocycles. The van der Waals surface area contributed by atoms with E-state index in [2.05, 4.69) is 15.2 Å². The largest absolute Gasteiger partial charge is 0.379 e. The monoisotopic (exact) mass is 345 g/mol. The summed E-state index contributed by atoms with van der Waals surface area (Å²) < 4.78 is 5.40. The van der Waals surface area contributed by atoms with E-state index in [1.54, 1.807) is 12.1 Å². The highest BCUT2D eigenvalue weighted by Gasteiger charge is 2.20. The predicted molar refractivity (Wildman–Crippen MR) is 93.2 cm³/mol. The van der Waals surface area contributed by atoms with E-state index in [-0.39, 0.29) is 11.9 Å². The molecule has 1 saturated heterocycles. The zero-order valence-electron chi connectivity index (χ0n) is 13.3. The van der Waals surface area contributed by atoms with Crippen molar-refractivity contribution in [2.45, 2.75) is 6.04 Å². The van der Waals surface area contributed by atoms with Crippen molar-refractivity contribution < 1.29 is 9.53 Å². The zero-order chi connectivity index (χ0) is 16.8. The Bertz CT molecular complexity index is 675. The minimum atomic E-state index is -0.151. The maximum Gasteiger partial charge on any atom is 0.251 e. The Kier molecular flexibility index (Phi) is 5.80. The van der Waals surface area contributed by atoms with E-state index in [0.29, 0.717) is 10.7 Å². The van der Waals surface area contributed by atoms with Crippen LogP contribution in [0, 0.1) is 0 Å². The van der Waals surface area contributed by atoms with Crippen molar-refractivity contribution in [2.24, 2.45) is 0 Å². The molecule has 0 radical (unpaired) electrons. The second-order valence-corrected chi connectivity index (χ2v) is 6.10. The van der Waals surface area contributed by atoms with Gasteiger partial charge in [-0.25, -0.2) is 4.98 Å². The minimum absolute atomic E-state index is 0.0938. The molecule has 0 aliphatic carbocycles. The summed E-state index contributed by atoms with van der Waals surface area (Å²) in [6.45, 7) is 3.96. The zero-order valence-corrected chi connectivity index (χ0v) is 14.1. The first-order valence-corrected chi connectivity index (χ1v) is 8.37. The highest BCUT2D eigenvalue weighted by atomic mass is 35.5. The molecule has 0 saturated carbocycles. The summed E-state index contributed by atoms with van der Waals surface area (Å²) in [5.41, 5.74) is 1.59. The predicted octanol–water partition coefficient (Wildman–Crippen LogP) is 2.54. The van der Waals surface area contributed by atoms with Gasteiger partial charge in [0.25, 0.3) is 5.91 Å². The molecule has 1 amide bonds. The van der Waals surface area contributed by atoms with Crippen molar-refractivity contribution >= 4 is 17.5 Å². The standard InChI is InChI=1S/C18H20ClN3O2/c19-17-12-15(6-7-20-17)18(23)21-16(14-4-2-1-3-5-14)13-22-8-10-24-11-9-22/h1-7,12,16H,8-11,13H2,(H,21,23). The summed E-state index contributed by atoms with van der Waals surface area (Å²) in [6.07, 6.45) is 1.54. The first kappa shape index (κ1) is 16.9. The molecule has 1 atom stereocenters. The van der Waals surface area contributed by atoms with Crippen LogP contribution in [0.3, 0.4) is 0 Å². The minimum Gasteiger partial charge on any atom is -0.379 e. The number of nitrogens with one attached hydrogen (secondary N) is 1. The Balaban J connectivity index is 1.75.